The number of hydrogen-bond acceptors (Lipinski definition) is 3. The number of nitrogens with two attached hydrogens (primary N) is 1. The fraction of sp³-hybridized carbons (Fsp3) is 0.516. The van der Waals surface area contributed by atoms with Crippen molar-refractivity contribution in [3.05, 3.63) is 70.8 Å². The van der Waals surface area contributed by atoms with Gasteiger partial charge in [0.15, 0.2) is 5.60 Å². The van der Waals surface area contributed by atoms with Gasteiger partial charge in [-0.25, -0.2) is 0 Å². The smallest absolute Gasteiger partial charge is 0.254 e. The highest BCUT2D eigenvalue weighted by Gasteiger charge is 2.50. The van der Waals surface area contributed by atoms with Crippen LogP contribution < -0.4 is 10.5 Å². The molecule has 0 fully saturated rings. The molecule has 4 nitrogen and oxygen atoms in total. The zero-order valence-electron chi connectivity index (χ0n) is 22.5. The second kappa shape index (κ2) is 10.2. The number of fused-ring (bicyclic) bond motifs is 1. The fourth-order valence-electron chi connectivity index (χ4n) is 4.94. The number of hydrogen-bond donors (Lipinski definition) is 2. The Morgan fingerprint density at radius 2 is 1.71 bits per heavy atom. The third-order valence-electron chi connectivity index (χ3n) is 8.22. The summed E-state index contributed by atoms with van der Waals surface area (Å²) < 4.78 is 6.76. The molecule has 4 heteroatoms. The van der Waals surface area contributed by atoms with Crippen molar-refractivity contribution < 1.29 is 14.6 Å². The summed E-state index contributed by atoms with van der Waals surface area (Å²) in [6.45, 7) is 15.5. The predicted molar refractivity (Wildman–Crippen MR) is 144 cm³/mol. The lowest BCUT2D eigenvalue weighted by atomic mass is 9.71. The lowest BCUT2D eigenvalue weighted by Crippen LogP contribution is -2.53. The summed E-state index contributed by atoms with van der Waals surface area (Å²) in [5, 5.41) is 11.8. The highest BCUT2D eigenvalue weighted by Crippen LogP contribution is 2.44. The van der Waals surface area contributed by atoms with Crippen LogP contribution in [0, 0.1) is 5.92 Å². The molecule has 0 aromatic heterocycles. The molecule has 3 rings (SSSR count). The molecule has 35 heavy (non-hydrogen) atoms. The van der Waals surface area contributed by atoms with Crippen LogP contribution in [0.15, 0.2) is 48.5 Å². The second-order valence-corrected chi connectivity index (χ2v) is 11.2. The van der Waals surface area contributed by atoms with E-state index < -0.39 is 23.5 Å². The zero-order chi connectivity index (χ0) is 26.0. The molecular formula is C31H43NO3. The maximum absolute atomic E-state index is 12.8. The van der Waals surface area contributed by atoms with Gasteiger partial charge in [0, 0.05) is 11.1 Å². The third-order valence-corrected chi connectivity index (χ3v) is 8.22. The fourth-order valence-corrected chi connectivity index (χ4v) is 4.94. The van der Waals surface area contributed by atoms with E-state index in [-0.39, 0.29) is 10.8 Å². The van der Waals surface area contributed by atoms with Crippen molar-refractivity contribution in [2.24, 2.45) is 11.7 Å². The van der Waals surface area contributed by atoms with Gasteiger partial charge < -0.3 is 15.6 Å². The van der Waals surface area contributed by atoms with Gasteiger partial charge >= 0.3 is 0 Å². The molecule has 0 saturated carbocycles. The molecule has 0 saturated heterocycles. The monoisotopic (exact) mass is 477 g/mol. The minimum atomic E-state index is -1.84. The van der Waals surface area contributed by atoms with Crippen LogP contribution in [0.2, 0.25) is 0 Å². The minimum absolute atomic E-state index is 0.0575. The van der Waals surface area contributed by atoms with Crippen LogP contribution in [-0.4, -0.2) is 17.1 Å². The van der Waals surface area contributed by atoms with E-state index in [2.05, 4.69) is 66.7 Å². The molecule has 0 spiro atoms. The Labute approximate surface area is 211 Å². The molecule has 0 heterocycles. The summed E-state index contributed by atoms with van der Waals surface area (Å²) in [7, 11) is 0. The molecule has 2 aromatic rings. The second-order valence-electron chi connectivity index (χ2n) is 11.2. The van der Waals surface area contributed by atoms with Crippen molar-refractivity contribution in [1.29, 1.82) is 0 Å². The van der Waals surface area contributed by atoms with Crippen molar-refractivity contribution in [1.82, 2.24) is 0 Å². The lowest BCUT2D eigenvalue weighted by Gasteiger charge is -2.41. The first kappa shape index (κ1) is 27.0. The molecule has 1 aliphatic carbocycles. The highest BCUT2D eigenvalue weighted by molar-refractivity contribution is 5.88. The Balaban J connectivity index is 2.11. The highest BCUT2D eigenvalue weighted by atomic mass is 16.5. The van der Waals surface area contributed by atoms with Crippen molar-refractivity contribution in [3.63, 3.8) is 0 Å². The minimum Gasteiger partial charge on any atom is -0.489 e. The first-order valence-electron chi connectivity index (χ1n) is 13.0. The van der Waals surface area contributed by atoms with E-state index in [9.17, 15) is 9.90 Å². The first-order chi connectivity index (χ1) is 16.4. The molecule has 0 radical (unpaired) electrons. The van der Waals surface area contributed by atoms with Gasteiger partial charge in [-0.1, -0.05) is 103 Å². The van der Waals surface area contributed by atoms with E-state index in [0.717, 1.165) is 36.1 Å². The summed E-state index contributed by atoms with van der Waals surface area (Å²) in [5.74, 6) is -0.539. The van der Waals surface area contributed by atoms with E-state index in [0.29, 0.717) is 12.0 Å². The average molecular weight is 478 g/mol. The Morgan fingerprint density at radius 1 is 1.06 bits per heavy atom. The van der Waals surface area contributed by atoms with Gasteiger partial charge in [-0.2, -0.15) is 0 Å². The van der Waals surface area contributed by atoms with Crippen LogP contribution in [-0.2, 0) is 21.2 Å². The molecule has 0 bridgehead atoms. The number of amides is 1. The van der Waals surface area contributed by atoms with Crippen LogP contribution in [0.4, 0.5) is 0 Å². The Bertz CT molecular complexity index is 1080. The maximum Gasteiger partial charge on any atom is 0.254 e. The van der Waals surface area contributed by atoms with Crippen molar-refractivity contribution in [2.75, 3.05) is 0 Å². The number of carbonyl (C=O) groups excluding carboxylic acids is 1. The van der Waals surface area contributed by atoms with Gasteiger partial charge in [-0.3, -0.25) is 4.79 Å². The number of aliphatic hydroxyl groups is 1. The molecule has 3 N–H and O–H groups in total. The van der Waals surface area contributed by atoms with Crippen LogP contribution in [0.1, 0.15) is 96.4 Å². The van der Waals surface area contributed by atoms with E-state index in [4.69, 9.17) is 10.5 Å². The number of primary amides is 1. The van der Waals surface area contributed by atoms with Gasteiger partial charge in [-0.05, 0) is 47.3 Å². The van der Waals surface area contributed by atoms with Gasteiger partial charge in [0.1, 0.15) is 11.9 Å². The normalized spacial score (nSPS) is 20.9. The molecule has 3 unspecified atom stereocenters. The molecule has 190 valence electrons. The zero-order valence-corrected chi connectivity index (χ0v) is 22.5. The van der Waals surface area contributed by atoms with Crippen LogP contribution >= 0.6 is 0 Å². The van der Waals surface area contributed by atoms with Crippen molar-refractivity contribution >= 4 is 12.0 Å². The molecule has 2 aromatic carbocycles. The van der Waals surface area contributed by atoms with E-state index in [1.165, 1.54) is 5.56 Å². The van der Waals surface area contributed by atoms with E-state index in [1.807, 2.05) is 30.4 Å². The third kappa shape index (κ3) is 5.04. The Kier molecular flexibility index (Phi) is 7.86. The average Bonchev–Trinajstić information content (AvgIpc) is 2.84. The van der Waals surface area contributed by atoms with Gasteiger partial charge in [0.25, 0.3) is 5.91 Å². The summed E-state index contributed by atoms with van der Waals surface area (Å²) in [5.41, 5.74) is 7.77. The van der Waals surface area contributed by atoms with Crippen LogP contribution in [0.25, 0.3) is 6.08 Å². The Morgan fingerprint density at radius 3 is 2.31 bits per heavy atom. The number of benzene rings is 2. The molecular weight excluding hydrogens is 434 g/mol. The SMILES string of the molecule is CCCC(Oc1ccc(C(C)(C)CC)cc1C(C)(C)CC)C1C=Cc2ccccc2C1(O)C(N)=O. The maximum atomic E-state index is 12.8. The first-order valence-corrected chi connectivity index (χ1v) is 13.0. The number of rotatable bonds is 10. The summed E-state index contributed by atoms with van der Waals surface area (Å²) in [6, 6.07) is 13.9. The van der Waals surface area contributed by atoms with E-state index in [1.54, 1.807) is 6.07 Å². The largest absolute Gasteiger partial charge is 0.489 e. The quantitative estimate of drug-likeness (QED) is 0.404. The molecule has 0 aliphatic heterocycles. The number of ether oxygens (including phenoxy) is 1. The van der Waals surface area contributed by atoms with Crippen molar-refractivity contribution in [2.45, 2.75) is 96.7 Å². The summed E-state index contributed by atoms with van der Waals surface area (Å²) in [4.78, 5) is 12.8. The molecule has 3 atom stereocenters. The van der Waals surface area contributed by atoms with E-state index >= 15 is 0 Å². The number of carbonyl (C=O) groups is 1. The lowest BCUT2D eigenvalue weighted by molar-refractivity contribution is -0.146. The van der Waals surface area contributed by atoms with Gasteiger partial charge in [0.05, 0.1) is 5.92 Å². The Hall–Kier alpha value is -2.59. The van der Waals surface area contributed by atoms with Gasteiger partial charge in [-0.15, -0.1) is 0 Å². The van der Waals surface area contributed by atoms with Crippen LogP contribution in [0.3, 0.4) is 0 Å². The summed E-state index contributed by atoms with van der Waals surface area (Å²) >= 11 is 0. The standard InChI is InChI=1S/C31H43NO3/c1-8-13-26(24-18-16-21-14-11-12-15-23(21)31(24,34)28(32)33)35-27-19-17-22(29(4,5)9-2)20-25(27)30(6,7)10-3/h11-12,14-20,24,26,34H,8-10,13H2,1-7H3,(H2,32,33). The molecule has 1 amide bonds. The molecule has 1 aliphatic rings. The van der Waals surface area contributed by atoms with Crippen molar-refractivity contribution in [3.8, 4) is 5.75 Å². The topological polar surface area (TPSA) is 72.6 Å². The predicted octanol–water partition coefficient (Wildman–Crippen LogP) is 6.63. The van der Waals surface area contributed by atoms with Crippen LogP contribution in [0.5, 0.6) is 5.75 Å². The summed E-state index contributed by atoms with van der Waals surface area (Å²) in [6.07, 6.45) is 6.97. The van der Waals surface area contributed by atoms with Gasteiger partial charge in [0.2, 0.25) is 0 Å².